The van der Waals surface area contributed by atoms with Gasteiger partial charge in [-0.15, -0.1) is 0 Å². The number of nitrogens with one attached hydrogen (secondary N) is 2. The van der Waals surface area contributed by atoms with Crippen LogP contribution in [0.2, 0.25) is 0 Å². The summed E-state index contributed by atoms with van der Waals surface area (Å²) in [4.78, 5) is 7.18. The summed E-state index contributed by atoms with van der Waals surface area (Å²) in [6.45, 7) is 7.72. The number of rotatable bonds is 9. The van der Waals surface area contributed by atoms with Crippen molar-refractivity contribution in [1.82, 2.24) is 25.3 Å². The highest BCUT2D eigenvalue weighted by atomic mass is 16.5. The summed E-state index contributed by atoms with van der Waals surface area (Å²) >= 11 is 0. The van der Waals surface area contributed by atoms with Crippen molar-refractivity contribution in [3.05, 3.63) is 47.8 Å². The van der Waals surface area contributed by atoms with E-state index in [9.17, 15) is 5.11 Å². The number of aromatic nitrogens is 2. The molecule has 0 saturated carbocycles. The lowest BCUT2D eigenvalue weighted by atomic mass is 10.0. The second kappa shape index (κ2) is 10.6. The Morgan fingerprint density at radius 2 is 1.97 bits per heavy atom. The van der Waals surface area contributed by atoms with Gasteiger partial charge in [0.25, 0.3) is 0 Å². The number of benzene rings is 1. The SMILES string of the molecule is CCNC(=NCC(C)(O)c1cnn(C)c1)NCC(c1ccc(OC)cc1)N1CCCC1. The predicted octanol–water partition coefficient (Wildman–Crippen LogP) is 2.03. The Balaban J connectivity index is 1.70. The second-order valence-electron chi connectivity index (χ2n) is 8.28. The molecule has 3 N–H and O–H groups in total. The third-order valence-electron chi connectivity index (χ3n) is 5.76. The van der Waals surface area contributed by atoms with Crippen LogP contribution >= 0.6 is 0 Å². The number of ether oxygens (including phenoxy) is 1. The smallest absolute Gasteiger partial charge is 0.191 e. The maximum atomic E-state index is 10.9. The third-order valence-corrected chi connectivity index (χ3v) is 5.76. The standard InChI is InChI=1S/C23H36N6O2/c1-5-24-22(26-17-23(2,30)19-14-27-28(3)16-19)25-15-21(29-12-6-7-13-29)18-8-10-20(31-4)11-9-18/h8-11,14,16,21,30H,5-7,12-13,15,17H2,1-4H3,(H2,24,25,26). The highest BCUT2D eigenvalue weighted by Gasteiger charge is 2.26. The topological polar surface area (TPSA) is 86.9 Å². The zero-order valence-electron chi connectivity index (χ0n) is 19.1. The van der Waals surface area contributed by atoms with Crippen molar-refractivity contribution in [2.75, 3.05) is 39.8 Å². The number of likely N-dealkylation sites (tertiary alicyclic amines) is 1. The summed E-state index contributed by atoms with van der Waals surface area (Å²) < 4.78 is 7.01. The van der Waals surface area contributed by atoms with E-state index >= 15 is 0 Å². The number of methoxy groups -OCH3 is 1. The Labute approximate surface area is 185 Å². The summed E-state index contributed by atoms with van der Waals surface area (Å²) in [7, 11) is 3.53. The van der Waals surface area contributed by atoms with Crippen LogP contribution in [0, 0.1) is 0 Å². The van der Waals surface area contributed by atoms with Crippen LogP contribution in [-0.2, 0) is 12.6 Å². The first-order valence-corrected chi connectivity index (χ1v) is 11.0. The Kier molecular flexibility index (Phi) is 7.92. The summed E-state index contributed by atoms with van der Waals surface area (Å²) in [6.07, 6.45) is 5.97. The first-order chi connectivity index (χ1) is 14.9. The summed E-state index contributed by atoms with van der Waals surface area (Å²) in [5.74, 6) is 1.56. The lowest BCUT2D eigenvalue weighted by Crippen LogP contribution is -2.43. The van der Waals surface area contributed by atoms with Crippen molar-refractivity contribution in [2.24, 2.45) is 12.0 Å². The van der Waals surface area contributed by atoms with Gasteiger partial charge >= 0.3 is 0 Å². The number of guanidine groups is 1. The van der Waals surface area contributed by atoms with Gasteiger partial charge in [0, 0.05) is 31.9 Å². The highest BCUT2D eigenvalue weighted by Crippen LogP contribution is 2.26. The van der Waals surface area contributed by atoms with Crippen molar-refractivity contribution < 1.29 is 9.84 Å². The number of aryl methyl sites for hydroxylation is 1. The van der Waals surface area contributed by atoms with Gasteiger partial charge in [0.2, 0.25) is 0 Å². The normalized spacial score (nSPS) is 17.9. The van der Waals surface area contributed by atoms with Gasteiger partial charge < -0.3 is 20.5 Å². The molecule has 0 amide bonds. The lowest BCUT2D eigenvalue weighted by molar-refractivity contribution is 0.0671. The third kappa shape index (κ3) is 6.21. The van der Waals surface area contributed by atoms with Crippen LogP contribution in [0.1, 0.15) is 43.9 Å². The van der Waals surface area contributed by atoms with E-state index in [1.165, 1.54) is 18.4 Å². The fourth-order valence-corrected chi connectivity index (χ4v) is 3.90. The Morgan fingerprint density at radius 1 is 1.26 bits per heavy atom. The van der Waals surface area contributed by atoms with Crippen LogP contribution in [0.4, 0.5) is 0 Å². The Morgan fingerprint density at radius 3 is 2.55 bits per heavy atom. The van der Waals surface area contributed by atoms with E-state index in [2.05, 4.69) is 37.8 Å². The molecule has 1 aliphatic rings. The first-order valence-electron chi connectivity index (χ1n) is 11.0. The zero-order chi connectivity index (χ0) is 22.3. The molecule has 0 spiro atoms. The molecule has 0 radical (unpaired) electrons. The molecule has 1 fully saturated rings. The Bertz CT molecular complexity index is 840. The number of hydrogen-bond donors (Lipinski definition) is 3. The van der Waals surface area contributed by atoms with E-state index in [0.717, 1.165) is 37.5 Å². The van der Waals surface area contributed by atoms with Crippen molar-refractivity contribution in [3.63, 3.8) is 0 Å². The number of nitrogens with zero attached hydrogens (tertiary/aromatic N) is 4. The molecule has 2 aromatic rings. The van der Waals surface area contributed by atoms with Crippen molar-refractivity contribution in [3.8, 4) is 5.75 Å². The van der Waals surface area contributed by atoms with Crippen LogP contribution in [0.5, 0.6) is 5.75 Å². The average molecular weight is 429 g/mol. The van der Waals surface area contributed by atoms with E-state index in [4.69, 9.17) is 4.74 Å². The molecule has 2 heterocycles. The van der Waals surface area contributed by atoms with E-state index in [0.29, 0.717) is 5.96 Å². The maximum Gasteiger partial charge on any atom is 0.191 e. The molecule has 0 aliphatic carbocycles. The molecule has 3 rings (SSSR count). The molecule has 31 heavy (non-hydrogen) atoms. The lowest BCUT2D eigenvalue weighted by Gasteiger charge is -2.29. The zero-order valence-corrected chi connectivity index (χ0v) is 19.1. The van der Waals surface area contributed by atoms with Gasteiger partial charge in [-0.3, -0.25) is 9.58 Å². The van der Waals surface area contributed by atoms with Gasteiger partial charge in [0.1, 0.15) is 11.4 Å². The maximum absolute atomic E-state index is 10.9. The van der Waals surface area contributed by atoms with Gasteiger partial charge in [-0.05, 0) is 57.5 Å². The highest BCUT2D eigenvalue weighted by molar-refractivity contribution is 5.79. The van der Waals surface area contributed by atoms with Gasteiger partial charge in [-0.25, -0.2) is 4.99 Å². The van der Waals surface area contributed by atoms with Gasteiger partial charge in [0.05, 0.1) is 25.9 Å². The first kappa shape index (κ1) is 23.1. The predicted molar refractivity (Wildman–Crippen MR) is 123 cm³/mol. The monoisotopic (exact) mass is 428 g/mol. The molecule has 1 aliphatic heterocycles. The minimum Gasteiger partial charge on any atom is -0.497 e. The van der Waals surface area contributed by atoms with Crippen LogP contribution in [-0.4, -0.2) is 65.6 Å². The molecule has 1 aromatic carbocycles. The summed E-state index contributed by atoms with van der Waals surface area (Å²) in [6, 6.07) is 8.56. The molecule has 1 aromatic heterocycles. The molecular weight excluding hydrogens is 392 g/mol. The van der Waals surface area contributed by atoms with E-state index in [1.54, 1.807) is 24.9 Å². The molecule has 0 bridgehead atoms. The van der Waals surface area contributed by atoms with Crippen LogP contribution in [0.15, 0.2) is 41.7 Å². The largest absolute Gasteiger partial charge is 0.497 e. The minimum atomic E-state index is -1.08. The molecule has 2 unspecified atom stereocenters. The molecule has 8 heteroatoms. The van der Waals surface area contributed by atoms with Crippen LogP contribution in [0.3, 0.4) is 0 Å². The minimum absolute atomic E-state index is 0.241. The molecular formula is C23H36N6O2. The quantitative estimate of drug-likeness (QED) is 0.419. The van der Waals surface area contributed by atoms with Gasteiger partial charge in [0.15, 0.2) is 5.96 Å². The molecule has 1 saturated heterocycles. The van der Waals surface area contributed by atoms with Crippen LogP contribution < -0.4 is 15.4 Å². The molecule has 8 nitrogen and oxygen atoms in total. The van der Waals surface area contributed by atoms with Gasteiger partial charge in [-0.2, -0.15) is 5.10 Å². The van der Waals surface area contributed by atoms with E-state index < -0.39 is 5.60 Å². The van der Waals surface area contributed by atoms with E-state index in [-0.39, 0.29) is 12.6 Å². The molecule has 2 atom stereocenters. The summed E-state index contributed by atoms with van der Waals surface area (Å²) in [5, 5.41) is 21.8. The van der Waals surface area contributed by atoms with Crippen molar-refractivity contribution in [1.29, 1.82) is 0 Å². The second-order valence-corrected chi connectivity index (χ2v) is 8.28. The van der Waals surface area contributed by atoms with Crippen molar-refractivity contribution >= 4 is 5.96 Å². The number of aliphatic hydroxyl groups is 1. The fraction of sp³-hybridized carbons (Fsp3) is 0.565. The van der Waals surface area contributed by atoms with Crippen LogP contribution in [0.25, 0.3) is 0 Å². The number of aliphatic imine (C=N–C) groups is 1. The van der Waals surface area contributed by atoms with Gasteiger partial charge in [-0.1, -0.05) is 12.1 Å². The average Bonchev–Trinajstić information content (AvgIpc) is 3.45. The van der Waals surface area contributed by atoms with E-state index in [1.807, 2.05) is 32.3 Å². The number of hydrogen-bond acceptors (Lipinski definition) is 5. The fourth-order valence-electron chi connectivity index (χ4n) is 3.90. The van der Waals surface area contributed by atoms with Crippen molar-refractivity contribution in [2.45, 2.75) is 38.3 Å². The summed E-state index contributed by atoms with van der Waals surface area (Å²) in [5.41, 5.74) is 0.928. The molecule has 170 valence electrons. The Hall–Kier alpha value is -2.58.